The predicted octanol–water partition coefficient (Wildman–Crippen LogP) is 3.46. The number of hydrogen-bond acceptors (Lipinski definition) is 8. The van der Waals surface area contributed by atoms with Crippen molar-refractivity contribution in [2.45, 2.75) is 12.5 Å². The van der Waals surface area contributed by atoms with Gasteiger partial charge in [0.2, 0.25) is 0 Å². The van der Waals surface area contributed by atoms with E-state index in [0.717, 1.165) is 19.2 Å². The zero-order valence-corrected chi connectivity index (χ0v) is 22.1. The lowest BCUT2D eigenvalue weighted by Gasteiger charge is -2.29. The van der Waals surface area contributed by atoms with Crippen LogP contribution in [0.3, 0.4) is 0 Å². The van der Waals surface area contributed by atoms with Gasteiger partial charge in [0.05, 0.1) is 43.5 Å². The summed E-state index contributed by atoms with van der Waals surface area (Å²) in [6.45, 7) is 3.79. The number of morpholine rings is 1. The van der Waals surface area contributed by atoms with Crippen LogP contribution in [0, 0.1) is 5.82 Å². The van der Waals surface area contributed by atoms with Gasteiger partial charge in [0.25, 0.3) is 11.7 Å². The van der Waals surface area contributed by atoms with Crippen LogP contribution in [0.2, 0.25) is 0 Å². The van der Waals surface area contributed by atoms with Crippen LogP contribution in [0.15, 0.2) is 40.4 Å². The molecule has 2 fully saturated rings. The van der Waals surface area contributed by atoms with E-state index in [-0.39, 0.29) is 39.4 Å². The molecule has 2 aliphatic rings. The number of likely N-dealkylation sites (tertiary alicyclic amines) is 1. The van der Waals surface area contributed by atoms with Gasteiger partial charge in [-0.15, -0.1) is 0 Å². The average molecular weight is 579 g/mol. The zero-order valence-electron chi connectivity index (χ0n) is 20.5. The number of phenols is 1. The first-order valence-electron chi connectivity index (χ1n) is 11.8. The van der Waals surface area contributed by atoms with E-state index in [0.29, 0.717) is 31.7 Å². The fraction of sp³-hybridized carbons (Fsp3) is 0.385. The summed E-state index contributed by atoms with van der Waals surface area (Å²) in [6, 6.07) is 5.87. The van der Waals surface area contributed by atoms with E-state index in [1.54, 1.807) is 6.07 Å². The lowest BCUT2D eigenvalue weighted by Crippen LogP contribution is -2.39. The highest BCUT2D eigenvalue weighted by molar-refractivity contribution is 9.10. The number of hydrogen-bond donors (Lipinski definition) is 2. The molecule has 0 unspecified atom stereocenters. The van der Waals surface area contributed by atoms with Gasteiger partial charge in [0.1, 0.15) is 5.76 Å². The number of aliphatic hydroxyl groups excluding tert-OH is 1. The Morgan fingerprint density at radius 3 is 2.46 bits per heavy atom. The molecule has 0 bridgehead atoms. The predicted molar refractivity (Wildman–Crippen MR) is 136 cm³/mol. The van der Waals surface area contributed by atoms with E-state index in [9.17, 15) is 24.2 Å². The molecule has 2 aromatic rings. The molecule has 0 aromatic heterocycles. The van der Waals surface area contributed by atoms with Gasteiger partial charge in [0, 0.05) is 31.7 Å². The fourth-order valence-corrected chi connectivity index (χ4v) is 5.08. The smallest absolute Gasteiger partial charge is 0.295 e. The number of benzene rings is 2. The van der Waals surface area contributed by atoms with Crippen LogP contribution in [-0.4, -0.2) is 85.3 Å². The molecule has 0 radical (unpaired) electrons. The Kier molecular flexibility index (Phi) is 8.35. The number of aliphatic hydroxyl groups is 1. The van der Waals surface area contributed by atoms with Gasteiger partial charge in [-0.3, -0.25) is 14.5 Å². The molecule has 0 spiro atoms. The fourth-order valence-electron chi connectivity index (χ4n) is 4.62. The minimum absolute atomic E-state index is 0.0242. The van der Waals surface area contributed by atoms with Crippen molar-refractivity contribution in [2.24, 2.45) is 0 Å². The number of rotatable bonds is 8. The van der Waals surface area contributed by atoms with Crippen LogP contribution in [-0.2, 0) is 14.3 Å². The van der Waals surface area contributed by atoms with Crippen LogP contribution in [0.1, 0.15) is 23.6 Å². The van der Waals surface area contributed by atoms with Gasteiger partial charge in [-0.2, -0.15) is 0 Å². The van der Waals surface area contributed by atoms with Gasteiger partial charge >= 0.3 is 0 Å². The van der Waals surface area contributed by atoms with Crippen LogP contribution < -0.4 is 9.47 Å². The maximum Gasteiger partial charge on any atom is 0.295 e. The second kappa shape index (κ2) is 11.5. The number of phenolic OH excluding ortho intramolecular Hbond substituents is 1. The van der Waals surface area contributed by atoms with E-state index in [4.69, 9.17) is 14.2 Å². The van der Waals surface area contributed by atoms with Crippen molar-refractivity contribution in [3.63, 3.8) is 0 Å². The number of Topliss-reactive ketones (excluding diaryl/α,β-unsaturated/α-hetero) is 1. The molecular formula is C26H28BrFN2O7. The van der Waals surface area contributed by atoms with Crippen LogP contribution in [0.4, 0.5) is 4.39 Å². The van der Waals surface area contributed by atoms with E-state index < -0.39 is 29.3 Å². The highest BCUT2D eigenvalue weighted by atomic mass is 79.9. The van der Waals surface area contributed by atoms with E-state index >= 15 is 0 Å². The van der Waals surface area contributed by atoms with Crippen molar-refractivity contribution >= 4 is 33.4 Å². The van der Waals surface area contributed by atoms with Crippen molar-refractivity contribution in [3.8, 4) is 17.2 Å². The summed E-state index contributed by atoms with van der Waals surface area (Å²) >= 11 is 3.29. The molecule has 0 aliphatic carbocycles. The van der Waals surface area contributed by atoms with Gasteiger partial charge in [-0.1, -0.05) is 0 Å². The molecular weight excluding hydrogens is 551 g/mol. The van der Waals surface area contributed by atoms with Gasteiger partial charge in [0.15, 0.2) is 23.1 Å². The topological polar surface area (TPSA) is 109 Å². The highest BCUT2D eigenvalue weighted by Gasteiger charge is 2.46. The Labute approximate surface area is 222 Å². The van der Waals surface area contributed by atoms with Crippen molar-refractivity contribution < 1.29 is 38.4 Å². The van der Waals surface area contributed by atoms with Gasteiger partial charge in [-0.05, 0) is 58.2 Å². The van der Waals surface area contributed by atoms with Crippen molar-refractivity contribution in [3.05, 3.63) is 57.3 Å². The summed E-state index contributed by atoms with van der Waals surface area (Å²) in [6.07, 6.45) is 0.580. The zero-order chi connectivity index (χ0) is 26.7. The van der Waals surface area contributed by atoms with Crippen LogP contribution >= 0.6 is 15.9 Å². The van der Waals surface area contributed by atoms with E-state index in [1.807, 2.05) is 0 Å². The first kappa shape index (κ1) is 26.9. The third-order valence-corrected chi connectivity index (χ3v) is 7.13. The summed E-state index contributed by atoms with van der Waals surface area (Å²) in [7, 11) is 2.70. The number of methoxy groups -OCH3 is 2. The minimum atomic E-state index is -0.986. The summed E-state index contributed by atoms with van der Waals surface area (Å²) < 4.78 is 30.3. The second-order valence-corrected chi connectivity index (χ2v) is 9.56. The molecule has 37 heavy (non-hydrogen) atoms. The third-order valence-electron chi connectivity index (χ3n) is 6.53. The van der Waals surface area contributed by atoms with Crippen molar-refractivity contribution in [2.75, 3.05) is 53.6 Å². The third kappa shape index (κ3) is 5.43. The molecule has 11 heteroatoms. The SMILES string of the molecule is COc1ccc(C(O)=C2C(=O)C(=O)N(CCCN3CCOCC3)[C@@H]2c2cc(Br)c(O)c(OC)c2)cc1F. The molecule has 2 saturated heterocycles. The number of ketones is 1. The molecule has 2 N–H and O–H groups in total. The molecule has 1 amide bonds. The maximum atomic E-state index is 14.4. The molecule has 2 heterocycles. The molecule has 1 atom stereocenters. The van der Waals surface area contributed by atoms with Crippen LogP contribution in [0.5, 0.6) is 17.2 Å². The Hall–Kier alpha value is -3.15. The number of carbonyl (C=O) groups excluding carboxylic acids is 2. The Morgan fingerprint density at radius 2 is 1.81 bits per heavy atom. The quantitative estimate of drug-likeness (QED) is 0.278. The standard InChI is InChI=1S/C26H28BrFN2O7/c1-35-19-5-4-15(13-18(19)28)23(31)21-22(16-12-17(27)24(32)20(14-16)36-2)30(26(34)25(21)33)7-3-6-29-8-10-37-11-9-29/h4-5,12-14,22,31-32H,3,6-11H2,1-2H3/t22-/m1/s1. The Balaban J connectivity index is 1.76. The van der Waals surface area contributed by atoms with Crippen molar-refractivity contribution in [1.82, 2.24) is 9.80 Å². The summed E-state index contributed by atoms with van der Waals surface area (Å²) in [5.74, 6) is -2.94. The summed E-state index contributed by atoms with van der Waals surface area (Å²) in [4.78, 5) is 30.1. The largest absolute Gasteiger partial charge is 0.507 e. The Bertz CT molecular complexity index is 1230. The minimum Gasteiger partial charge on any atom is -0.507 e. The van der Waals surface area contributed by atoms with Crippen LogP contribution in [0.25, 0.3) is 5.76 Å². The maximum absolute atomic E-state index is 14.4. The first-order chi connectivity index (χ1) is 17.8. The lowest BCUT2D eigenvalue weighted by molar-refractivity contribution is -0.140. The molecule has 4 rings (SSSR count). The molecule has 9 nitrogen and oxygen atoms in total. The number of carbonyl (C=O) groups is 2. The monoisotopic (exact) mass is 578 g/mol. The van der Waals surface area contributed by atoms with Gasteiger partial charge in [-0.25, -0.2) is 4.39 Å². The number of ether oxygens (including phenoxy) is 3. The Morgan fingerprint density at radius 1 is 1.11 bits per heavy atom. The number of halogens is 2. The molecule has 2 aliphatic heterocycles. The number of amides is 1. The number of nitrogens with zero attached hydrogens (tertiary/aromatic N) is 2. The van der Waals surface area contributed by atoms with Crippen molar-refractivity contribution in [1.29, 1.82) is 0 Å². The highest BCUT2D eigenvalue weighted by Crippen LogP contribution is 2.44. The molecule has 0 saturated carbocycles. The summed E-state index contributed by atoms with van der Waals surface area (Å²) in [5, 5.41) is 21.5. The summed E-state index contributed by atoms with van der Waals surface area (Å²) in [5.41, 5.74) is 0.280. The average Bonchev–Trinajstić information content (AvgIpc) is 3.15. The number of aromatic hydroxyl groups is 1. The van der Waals surface area contributed by atoms with E-state index in [1.165, 1.54) is 37.3 Å². The van der Waals surface area contributed by atoms with E-state index in [2.05, 4.69) is 20.8 Å². The molecule has 2 aromatic carbocycles. The van der Waals surface area contributed by atoms with Gasteiger partial charge < -0.3 is 29.3 Å². The normalized spacial score (nSPS) is 19.9. The first-order valence-corrected chi connectivity index (χ1v) is 12.5. The lowest BCUT2D eigenvalue weighted by atomic mass is 9.94. The molecule has 198 valence electrons. The second-order valence-electron chi connectivity index (χ2n) is 8.70.